The smallest absolute Gasteiger partial charge is 0.207 e. The Hall–Kier alpha value is -2.16. The van der Waals surface area contributed by atoms with Crippen molar-refractivity contribution in [1.29, 1.82) is 5.26 Å². The maximum absolute atomic E-state index is 13.4. The third-order valence-corrected chi connectivity index (χ3v) is 6.44. The number of benzene rings is 2. The van der Waals surface area contributed by atoms with E-state index in [2.05, 4.69) is 24.6 Å². The summed E-state index contributed by atoms with van der Waals surface area (Å²) in [5.41, 5.74) is 3.36. The molecule has 1 atom stereocenters. The molecule has 5 heteroatoms. The molecular weight excluding hydrogens is 368 g/mol. The molecule has 0 aliphatic heterocycles. The highest BCUT2D eigenvalue weighted by Crippen LogP contribution is 2.35. The summed E-state index contributed by atoms with van der Waals surface area (Å²) in [6.45, 7) is 12.2. The van der Waals surface area contributed by atoms with Crippen molar-refractivity contribution in [3.63, 3.8) is 0 Å². The van der Waals surface area contributed by atoms with Gasteiger partial charge in [-0.1, -0.05) is 84.0 Å². The molecule has 4 nitrogen and oxygen atoms in total. The normalized spacial score (nSPS) is 13.1. The monoisotopic (exact) mass is 398 g/mol. The Morgan fingerprint density at radius 3 is 1.71 bits per heavy atom. The third kappa shape index (κ3) is 4.81. The van der Waals surface area contributed by atoms with Gasteiger partial charge in [0.1, 0.15) is 6.04 Å². The van der Waals surface area contributed by atoms with Crippen LogP contribution in [0.15, 0.2) is 47.4 Å². The predicted octanol–water partition coefficient (Wildman–Crippen LogP) is 5.60. The SMILES string of the molecule is CC(C)c1cc(C(C)C)c(S(=O)(=O)NC(C#N)c2ccccc2)c(C(C)C)c1. The molecule has 1 unspecified atom stereocenters. The number of nitrogens with zero attached hydrogens (tertiary/aromatic N) is 1. The van der Waals surface area contributed by atoms with Crippen LogP contribution in [0.25, 0.3) is 0 Å². The van der Waals surface area contributed by atoms with E-state index in [1.54, 1.807) is 24.3 Å². The number of hydrogen-bond acceptors (Lipinski definition) is 3. The van der Waals surface area contributed by atoms with Gasteiger partial charge in [-0.25, -0.2) is 8.42 Å². The van der Waals surface area contributed by atoms with Crippen LogP contribution in [0.1, 0.15) is 87.6 Å². The van der Waals surface area contributed by atoms with E-state index in [0.717, 1.165) is 16.7 Å². The summed E-state index contributed by atoms with van der Waals surface area (Å²) < 4.78 is 29.5. The summed E-state index contributed by atoms with van der Waals surface area (Å²) in [7, 11) is -3.89. The average molecular weight is 399 g/mol. The molecule has 0 heterocycles. The molecule has 0 spiro atoms. The van der Waals surface area contributed by atoms with Crippen molar-refractivity contribution in [1.82, 2.24) is 4.72 Å². The van der Waals surface area contributed by atoms with Gasteiger partial charge >= 0.3 is 0 Å². The van der Waals surface area contributed by atoms with Crippen molar-refractivity contribution in [3.8, 4) is 6.07 Å². The largest absolute Gasteiger partial charge is 0.242 e. The Labute approximate surface area is 169 Å². The Bertz CT molecular complexity index is 927. The molecule has 2 aromatic rings. The van der Waals surface area contributed by atoms with Gasteiger partial charge in [-0.15, -0.1) is 0 Å². The first-order valence-electron chi connectivity index (χ1n) is 9.73. The fourth-order valence-electron chi connectivity index (χ4n) is 3.23. The second-order valence-electron chi connectivity index (χ2n) is 8.09. The summed E-state index contributed by atoms with van der Waals surface area (Å²) in [5, 5.41) is 9.59. The molecule has 150 valence electrons. The van der Waals surface area contributed by atoms with E-state index in [0.29, 0.717) is 16.4 Å². The maximum Gasteiger partial charge on any atom is 0.242 e. The van der Waals surface area contributed by atoms with Gasteiger partial charge in [-0.05, 0) is 40.0 Å². The molecule has 0 aliphatic carbocycles. The van der Waals surface area contributed by atoms with Crippen LogP contribution in [0, 0.1) is 11.3 Å². The molecule has 0 bridgehead atoms. The Balaban J connectivity index is 2.65. The minimum atomic E-state index is -3.89. The third-order valence-electron chi connectivity index (χ3n) is 4.88. The molecule has 0 saturated carbocycles. The van der Waals surface area contributed by atoms with Crippen LogP contribution >= 0.6 is 0 Å². The molecule has 0 saturated heterocycles. The molecule has 0 aliphatic rings. The summed E-state index contributed by atoms with van der Waals surface area (Å²) in [5.74, 6) is 0.385. The number of rotatable bonds is 7. The topological polar surface area (TPSA) is 70.0 Å². The van der Waals surface area contributed by atoms with Gasteiger partial charge in [0.25, 0.3) is 0 Å². The Morgan fingerprint density at radius 1 is 0.821 bits per heavy atom. The van der Waals surface area contributed by atoms with Crippen molar-refractivity contribution < 1.29 is 8.42 Å². The molecule has 2 aromatic carbocycles. The maximum atomic E-state index is 13.4. The van der Waals surface area contributed by atoms with Gasteiger partial charge in [0.2, 0.25) is 10.0 Å². The van der Waals surface area contributed by atoms with Crippen LogP contribution in [-0.2, 0) is 10.0 Å². The fourth-order valence-corrected chi connectivity index (χ4v) is 5.06. The molecule has 28 heavy (non-hydrogen) atoms. The van der Waals surface area contributed by atoms with E-state index in [1.807, 2.05) is 45.9 Å². The van der Waals surface area contributed by atoms with E-state index in [1.165, 1.54) is 0 Å². The average Bonchev–Trinajstić information content (AvgIpc) is 2.65. The highest BCUT2D eigenvalue weighted by Gasteiger charge is 2.29. The van der Waals surface area contributed by atoms with Gasteiger partial charge < -0.3 is 0 Å². The lowest BCUT2D eigenvalue weighted by molar-refractivity contribution is 0.570. The Kier molecular flexibility index (Phi) is 7.03. The highest BCUT2D eigenvalue weighted by molar-refractivity contribution is 7.89. The van der Waals surface area contributed by atoms with E-state index >= 15 is 0 Å². The molecule has 0 amide bonds. The van der Waals surface area contributed by atoms with Crippen molar-refractivity contribution in [2.24, 2.45) is 0 Å². The zero-order chi connectivity index (χ0) is 21.1. The fraction of sp³-hybridized carbons (Fsp3) is 0.435. The van der Waals surface area contributed by atoms with Crippen molar-refractivity contribution in [2.75, 3.05) is 0 Å². The number of sulfonamides is 1. The summed E-state index contributed by atoms with van der Waals surface area (Å²) in [4.78, 5) is 0.318. The van der Waals surface area contributed by atoms with Crippen molar-refractivity contribution in [3.05, 3.63) is 64.7 Å². The lowest BCUT2D eigenvalue weighted by atomic mass is 9.89. The number of nitriles is 1. The number of nitrogens with one attached hydrogen (secondary N) is 1. The molecule has 1 N–H and O–H groups in total. The standard InChI is InChI=1S/C23H30N2O2S/c1-15(2)19-12-20(16(3)4)23(21(13-19)17(5)6)28(26,27)25-22(14-24)18-10-8-7-9-11-18/h7-13,15-17,22,25H,1-6H3. The van der Waals surface area contributed by atoms with Gasteiger partial charge in [0, 0.05) is 0 Å². The van der Waals surface area contributed by atoms with Crippen molar-refractivity contribution in [2.45, 2.75) is 70.2 Å². The molecule has 0 fully saturated rings. The lowest BCUT2D eigenvalue weighted by Crippen LogP contribution is -2.30. The quantitative estimate of drug-likeness (QED) is 0.660. The van der Waals surface area contributed by atoms with E-state index in [-0.39, 0.29) is 11.8 Å². The van der Waals surface area contributed by atoms with Crippen LogP contribution in [-0.4, -0.2) is 8.42 Å². The molecular formula is C23H30N2O2S. The minimum absolute atomic E-state index is 0.0417. The summed E-state index contributed by atoms with van der Waals surface area (Å²) >= 11 is 0. The van der Waals surface area contributed by atoms with Gasteiger partial charge in [0.15, 0.2) is 0 Å². The molecule has 0 aromatic heterocycles. The van der Waals surface area contributed by atoms with E-state index < -0.39 is 16.1 Å². The summed E-state index contributed by atoms with van der Waals surface area (Å²) in [6, 6.07) is 14.1. The van der Waals surface area contributed by atoms with E-state index in [4.69, 9.17) is 0 Å². The van der Waals surface area contributed by atoms with Crippen LogP contribution in [0.5, 0.6) is 0 Å². The van der Waals surface area contributed by atoms with Crippen molar-refractivity contribution >= 4 is 10.0 Å². The molecule has 0 radical (unpaired) electrons. The lowest BCUT2D eigenvalue weighted by Gasteiger charge is -2.24. The first-order valence-corrected chi connectivity index (χ1v) is 11.2. The van der Waals surface area contributed by atoms with Gasteiger partial charge in [-0.2, -0.15) is 9.98 Å². The minimum Gasteiger partial charge on any atom is -0.207 e. The van der Waals surface area contributed by atoms with Gasteiger partial charge in [0.05, 0.1) is 11.0 Å². The van der Waals surface area contributed by atoms with Crippen LogP contribution in [0.3, 0.4) is 0 Å². The van der Waals surface area contributed by atoms with Crippen LogP contribution in [0.4, 0.5) is 0 Å². The summed E-state index contributed by atoms with van der Waals surface area (Å²) in [6.07, 6.45) is 0. The number of hydrogen-bond donors (Lipinski definition) is 1. The van der Waals surface area contributed by atoms with E-state index in [9.17, 15) is 13.7 Å². The zero-order valence-corrected chi connectivity index (χ0v) is 18.3. The van der Waals surface area contributed by atoms with Gasteiger partial charge in [-0.3, -0.25) is 0 Å². The predicted molar refractivity (Wildman–Crippen MR) is 114 cm³/mol. The second-order valence-corrected chi connectivity index (χ2v) is 9.74. The highest BCUT2D eigenvalue weighted by atomic mass is 32.2. The van der Waals surface area contributed by atoms with Crippen LogP contribution < -0.4 is 4.72 Å². The Morgan fingerprint density at radius 2 is 1.32 bits per heavy atom. The zero-order valence-electron chi connectivity index (χ0n) is 17.5. The van der Waals surface area contributed by atoms with Crippen LogP contribution in [0.2, 0.25) is 0 Å². The first-order chi connectivity index (χ1) is 13.1. The first kappa shape index (κ1) is 22.1. The molecule has 2 rings (SSSR count). The second kappa shape index (κ2) is 8.89.